The van der Waals surface area contributed by atoms with E-state index in [9.17, 15) is 24.0 Å². The number of likely N-dealkylation sites (tertiary alicyclic amines) is 2. The van der Waals surface area contributed by atoms with Gasteiger partial charge in [-0.15, -0.1) is 31.2 Å². The predicted octanol–water partition coefficient (Wildman–Crippen LogP) is 6.05. The van der Waals surface area contributed by atoms with Gasteiger partial charge in [0.05, 0.1) is 42.0 Å². The Morgan fingerprint density at radius 3 is 2.27 bits per heavy atom. The number of carboxylic acid groups (broad SMARTS) is 1. The Morgan fingerprint density at radius 1 is 0.823 bits per heavy atom. The van der Waals surface area contributed by atoms with Crippen molar-refractivity contribution in [3.63, 3.8) is 0 Å². The molecule has 1 atom stereocenters. The molecule has 6 aliphatic rings. The fourth-order valence-electron chi connectivity index (χ4n) is 12.6. The van der Waals surface area contributed by atoms with Gasteiger partial charge >= 0.3 is 11.9 Å². The summed E-state index contributed by atoms with van der Waals surface area (Å²) in [5.41, 5.74) is 6.56. The van der Waals surface area contributed by atoms with Crippen molar-refractivity contribution in [2.24, 2.45) is 16.8 Å². The average molecular weight is 1110 g/mol. The molecule has 0 aliphatic carbocycles. The first-order valence-electron chi connectivity index (χ1n) is 26.8. The predicted molar refractivity (Wildman–Crippen MR) is 293 cm³/mol. The molecule has 79 heavy (non-hydrogen) atoms. The Bertz CT molecular complexity index is 3690. The van der Waals surface area contributed by atoms with Crippen LogP contribution in [0.25, 0.3) is 37.9 Å². The van der Waals surface area contributed by atoms with Gasteiger partial charge in [0.15, 0.2) is 5.82 Å². The number of benzene rings is 3. The maximum atomic E-state index is 16.4. The number of rotatable bonds is 11. The van der Waals surface area contributed by atoms with Crippen LogP contribution in [0.3, 0.4) is 0 Å². The van der Waals surface area contributed by atoms with Crippen LogP contribution in [0.15, 0.2) is 65.8 Å². The second kappa shape index (κ2) is 20.5. The summed E-state index contributed by atoms with van der Waals surface area (Å²) in [6, 6.07) is 15.6. The molecule has 408 valence electrons. The van der Waals surface area contributed by atoms with E-state index >= 15 is 9.18 Å². The van der Waals surface area contributed by atoms with Crippen LogP contribution in [0.5, 0.6) is 0 Å². The highest BCUT2D eigenvalue weighted by atomic mass is 35.5. The van der Waals surface area contributed by atoms with E-state index in [1.165, 1.54) is 6.07 Å². The Kier molecular flexibility index (Phi) is 13.5. The number of carboxylic acids is 1. The standard InChI is InChI=1S/C56H57ClFN13O7S/c1-30-31(2)79-55-49(30)51(33-7-9-38(57)10-8-33)62-42(53-64-63-32(3)69(53)55)25-47(74)66-17-11-35(12-18-66)54(77)67-19-13-36(14-20-67)56(78)71-21-15-34(16-22-71)52-50-39(40-24-44-37(23-41(40)58)26-61-70(44)71)5-4-6-43(50)68(65-52)29-46(73)59-27-45(72)60-28-48(75)76/h4-10,23-24,26,34-36,42H,11-22,25,27-29H2,1-3H3,(H2-,59,60,72,73,75,76)/p+1/t34?,42-,71?/m0/s1. The Hall–Kier alpha value is -7.69. The van der Waals surface area contributed by atoms with E-state index in [0.29, 0.717) is 133 Å². The normalized spacial score (nSPS) is 20.1. The van der Waals surface area contributed by atoms with Crippen LogP contribution in [0.4, 0.5) is 4.39 Å². The second-order valence-corrected chi connectivity index (χ2v) is 23.1. The number of hydrogen-bond acceptors (Lipinski definition) is 12. The van der Waals surface area contributed by atoms with Gasteiger partial charge in [0.1, 0.15) is 54.4 Å². The number of aliphatic imine (C=N–C) groups is 1. The number of aliphatic carboxylic acids is 1. The van der Waals surface area contributed by atoms with Crippen molar-refractivity contribution in [2.45, 2.75) is 84.2 Å². The lowest BCUT2D eigenvalue weighted by atomic mass is 9.87. The smallest absolute Gasteiger partial charge is 0.342 e. The van der Waals surface area contributed by atoms with Crippen LogP contribution in [0.1, 0.15) is 95.8 Å². The van der Waals surface area contributed by atoms with Gasteiger partial charge in [0.2, 0.25) is 23.6 Å². The minimum absolute atomic E-state index is 0.00249. The monoisotopic (exact) mass is 1110 g/mol. The van der Waals surface area contributed by atoms with Gasteiger partial charge in [-0.3, -0.25) is 38.2 Å². The summed E-state index contributed by atoms with van der Waals surface area (Å²) < 4.78 is 19.9. The number of nitrogens with one attached hydrogen (secondary N) is 2. The molecule has 0 unspecified atom stereocenters. The van der Waals surface area contributed by atoms with Gasteiger partial charge in [-0.05, 0) is 87.9 Å². The first-order valence-corrected chi connectivity index (χ1v) is 28.0. The van der Waals surface area contributed by atoms with E-state index in [4.69, 9.17) is 31.9 Å². The van der Waals surface area contributed by atoms with Crippen molar-refractivity contribution in [3.05, 3.63) is 111 Å². The number of carbonyl (C=O) groups excluding carboxylic acids is 5. The highest BCUT2D eigenvalue weighted by Gasteiger charge is 2.50. The van der Waals surface area contributed by atoms with E-state index in [1.54, 1.807) is 39.1 Å². The maximum Gasteiger partial charge on any atom is 0.342 e. The summed E-state index contributed by atoms with van der Waals surface area (Å²) in [4.78, 5) is 92.1. The number of amides is 5. The number of aryl methyl sites for hydroxylation is 2. The van der Waals surface area contributed by atoms with E-state index in [-0.39, 0.29) is 53.0 Å². The van der Waals surface area contributed by atoms with Crippen molar-refractivity contribution < 1.29 is 38.3 Å². The summed E-state index contributed by atoms with van der Waals surface area (Å²) in [5.74, 6) is -2.37. The van der Waals surface area contributed by atoms with Gasteiger partial charge in [0.25, 0.3) is 0 Å². The van der Waals surface area contributed by atoms with Crippen LogP contribution in [0.2, 0.25) is 5.02 Å². The summed E-state index contributed by atoms with van der Waals surface area (Å²) in [6.45, 7) is 7.30. The van der Waals surface area contributed by atoms with Gasteiger partial charge in [-0.2, -0.15) is 5.10 Å². The Labute approximate surface area is 461 Å². The third-order valence-corrected chi connectivity index (χ3v) is 18.3. The molecule has 5 amide bonds. The molecule has 13 rings (SSSR count). The van der Waals surface area contributed by atoms with Crippen molar-refractivity contribution >= 4 is 86.0 Å². The summed E-state index contributed by atoms with van der Waals surface area (Å²) >= 11 is 7.97. The fraction of sp³-hybridized carbons (Fsp3) is 0.411. The third kappa shape index (κ3) is 9.25. The summed E-state index contributed by atoms with van der Waals surface area (Å²) in [6.07, 6.45) is 4.75. The van der Waals surface area contributed by atoms with Gasteiger partial charge in [0, 0.05) is 88.2 Å². The Balaban J connectivity index is 0.721. The van der Waals surface area contributed by atoms with Gasteiger partial charge in [-0.1, -0.05) is 40.7 Å². The topological polar surface area (TPSA) is 232 Å². The number of halogens is 2. The summed E-state index contributed by atoms with van der Waals surface area (Å²) in [7, 11) is 0. The van der Waals surface area contributed by atoms with Crippen LogP contribution < -0.4 is 15.2 Å². The molecule has 4 bridgehead atoms. The molecule has 0 radical (unpaired) electrons. The maximum absolute atomic E-state index is 16.4. The van der Waals surface area contributed by atoms with Crippen molar-refractivity contribution in [3.8, 4) is 16.1 Å². The van der Waals surface area contributed by atoms with Crippen LogP contribution >= 0.6 is 22.9 Å². The zero-order valence-electron chi connectivity index (χ0n) is 43.9. The van der Waals surface area contributed by atoms with Crippen LogP contribution in [-0.2, 0) is 35.3 Å². The number of hydrogen-bond donors (Lipinski definition) is 3. The minimum Gasteiger partial charge on any atom is -0.480 e. The molecular weight excluding hydrogens is 1050 g/mol. The lowest BCUT2D eigenvalue weighted by Crippen LogP contribution is -2.68. The SMILES string of the molecule is Cc1sc2c(c1C)C(c1ccc(Cl)cc1)=N[C@@H](CC(=O)N1CCC(C(=O)N3CCC(C(=O)[N+]45CCC(CC4)c4nn(CC(=O)NCC(=O)NCC(=O)O)c6cccc(c46)-c4cc6c(cnn65)cc4F)CC3)CC1)c1nnc(C)n1-2. The second-order valence-electron chi connectivity index (χ2n) is 21.5. The highest BCUT2D eigenvalue weighted by molar-refractivity contribution is 7.15. The van der Waals surface area contributed by atoms with E-state index in [1.807, 2.05) is 57.7 Å². The number of nitrogens with zero attached hydrogens (tertiary/aromatic N) is 11. The number of thiophene rings is 1. The number of quaternary nitrogens is 1. The highest BCUT2D eigenvalue weighted by Crippen LogP contribution is 2.44. The molecule has 7 aromatic rings. The Morgan fingerprint density at radius 2 is 1.53 bits per heavy atom. The molecule has 6 aliphatic heterocycles. The van der Waals surface area contributed by atoms with E-state index in [2.05, 4.69) is 34.7 Å². The largest absolute Gasteiger partial charge is 0.480 e. The number of carbonyl (C=O) groups is 6. The lowest BCUT2D eigenvalue weighted by Gasteiger charge is -2.43. The van der Waals surface area contributed by atoms with Crippen LogP contribution in [0, 0.1) is 38.4 Å². The number of aromatic nitrogens is 7. The number of fused-ring (bicyclic) bond motifs is 5. The number of piperidine rings is 3. The molecule has 3 saturated heterocycles. The fourth-order valence-corrected chi connectivity index (χ4v) is 13.9. The molecule has 20 nitrogen and oxygen atoms in total. The molecular formula is C56H58ClFN13O7S+. The third-order valence-electron chi connectivity index (χ3n) is 16.8. The molecule has 23 heteroatoms. The molecule has 3 fully saturated rings. The van der Waals surface area contributed by atoms with Gasteiger partial charge < -0.3 is 25.5 Å². The van der Waals surface area contributed by atoms with Gasteiger partial charge in [-0.25, -0.2) is 9.18 Å². The molecule has 3 N–H and O–H groups in total. The quantitative estimate of drug-likeness (QED) is 0.126. The van der Waals surface area contributed by atoms with E-state index < -0.39 is 42.7 Å². The van der Waals surface area contributed by atoms with Crippen molar-refractivity contribution in [1.29, 1.82) is 0 Å². The molecule has 0 spiro atoms. The first kappa shape index (κ1) is 52.0. The minimum atomic E-state index is -1.21. The van der Waals surface area contributed by atoms with Crippen molar-refractivity contribution in [1.82, 2.24) is 59.5 Å². The molecule has 0 saturated carbocycles. The van der Waals surface area contributed by atoms with E-state index in [0.717, 1.165) is 32.3 Å². The van der Waals surface area contributed by atoms with Crippen LogP contribution in [-0.4, -0.2) is 143 Å². The zero-order valence-corrected chi connectivity index (χ0v) is 45.4. The average Bonchev–Trinajstić information content (AvgIpc) is 4.37. The molecule has 3 aromatic carbocycles. The first-order chi connectivity index (χ1) is 38.1. The molecule has 4 aromatic heterocycles. The zero-order chi connectivity index (χ0) is 55.0. The lowest BCUT2D eigenvalue weighted by molar-refractivity contribution is -0.149. The summed E-state index contributed by atoms with van der Waals surface area (Å²) in [5, 5.41) is 35.3. The van der Waals surface area contributed by atoms with Crippen molar-refractivity contribution in [2.75, 3.05) is 52.4 Å². The molecule has 10 heterocycles.